The van der Waals surface area contributed by atoms with E-state index < -0.39 is 40.3 Å². The number of ketones is 1. The van der Waals surface area contributed by atoms with E-state index in [1.807, 2.05) is 0 Å². The summed E-state index contributed by atoms with van der Waals surface area (Å²) in [7, 11) is 0. The van der Waals surface area contributed by atoms with Crippen molar-refractivity contribution in [2.45, 2.75) is 0 Å². The quantitative estimate of drug-likeness (QED) is 0.261. The molecule has 0 aliphatic rings. The molecule has 0 aliphatic carbocycles. The number of nitrogens with two attached hydrogens (primary N) is 1. The maximum atomic E-state index is 13.0. The lowest BCUT2D eigenvalue weighted by Gasteiger charge is -2.06. The van der Waals surface area contributed by atoms with Crippen LogP contribution in [0, 0.1) is 28.7 Å². The molecule has 0 atom stereocenters. The SMILES string of the molecule is N=CC(=O)c1c(F)c(F)c(N)c(F)c1F. The topological polar surface area (TPSA) is 66.9 Å². The number of nitrogen functional groups attached to an aromatic ring is 1. The predicted octanol–water partition coefficient (Wildman–Crippen LogP) is 1.66. The Balaban J connectivity index is 3.67. The number of hydrogen-bond donors (Lipinski definition) is 2. The first-order valence-electron chi connectivity index (χ1n) is 3.58. The number of Topliss-reactive ketones (excluding diaryl/α,β-unsaturated/α-hetero) is 1. The highest BCUT2D eigenvalue weighted by Crippen LogP contribution is 2.25. The van der Waals surface area contributed by atoms with E-state index in [1.54, 1.807) is 0 Å². The molecular formula is C8H4F4N2O. The van der Waals surface area contributed by atoms with Crippen LogP contribution >= 0.6 is 0 Å². The second-order valence-electron chi connectivity index (χ2n) is 2.55. The molecule has 0 unspecified atom stereocenters. The van der Waals surface area contributed by atoms with Crippen molar-refractivity contribution < 1.29 is 22.4 Å². The van der Waals surface area contributed by atoms with Gasteiger partial charge in [0, 0.05) is 0 Å². The zero-order valence-electron chi connectivity index (χ0n) is 7.07. The Morgan fingerprint density at radius 2 is 1.47 bits per heavy atom. The van der Waals surface area contributed by atoms with Crippen LogP contribution in [0.25, 0.3) is 0 Å². The van der Waals surface area contributed by atoms with Crippen LogP contribution in [0.3, 0.4) is 0 Å². The summed E-state index contributed by atoms with van der Waals surface area (Å²) in [6.45, 7) is 0. The van der Waals surface area contributed by atoms with Gasteiger partial charge in [-0.25, -0.2) is 17.6 Å². The molecule has 15 heavy (non-hydrogen) atoms. The van der Waals surface area contributed by atoms with Crippen molar-refractivity contribution in [3.8, 4) is 0 Å². The summed E-state index contributed by atoms with van der Waals surface area (Å²) in [5.74, 6) is -8.99. The van der Waals surface area contributed by atoms with Crippen LogP contribution < -0.4 is 5.73 Å². The molecule has 3 nitrogen and oxygen atoms in total. The van der Waals surface area contributed by atoms with Gasteiger partial charge in [-0.05, 0) is 0 Å². The van der Waals surface area contributed by atoms with E-state index >= 15 is 0 Å². The Kier molecular flexibility index (Phi) is 2.74. The summed E-state index contributed by atoms with van der Waals surface area (Å²) in [6, 6.07) is 0. The molecule has 0 bridgehead atoms. The molecule has 0 saturated heterocycles. The molecular weight excluding hydrogens is 216 g/mol. The van der Waals surface area contributed by atoms with Gasteiger partial charge in [0.25, 0.3) is 0 Å². The van der Waals surface area contributed by atoms with Crippen LogP contribution in [0.5, 0.6) is 0 Å². The molecule has 80 valence electrons. The Labute approximate surface area is 81.0 Å². The highest BCUT2D eigenvalue weighted by molar-refractivity contribution is 6.34. The normalized spacial score (nSPS) is 10.1. The average Bonchev–Trinajstić information content (AvgIpc) is 2.23. The Hall–Kier alpha value is -1.92. The number of anilines is 1. The second kappa shape index (κ2) is 3.68. The van der Waals surface area contributed by atoms with Gasteiger partial charge in [-0.2, -0.15) is 0 Å². The number of carbonyl (C=O) groups is 1. The van der Waals surface area contributed by atoms with E-state index in [0.29, 0.717) is 0 Å². The van der Waals surface area contributed by atoms with Gasteiger partial charge in [0.1, 0.15) is 11.3 Å². The van der Waals surface area contributed by atoms with Crippen LogP contribution in [-0.2, 0) is 0 Å². The standard InChI is InChI=1S/C8H4F4N2O/c9-4-3(2(15)1-13)5(10)7(12)8(14)6(4)11/h1,13H,14H2. The van der Waals surface area contributed by atoms with Crippen molar-refractivity contribution in [1.29, 1.82) is 5.41 Å². The van der Waals surface area contributed by atoms with E-state index in [-0.39, 0.29) is 6.21 Å². The molecule has 1 rings (SSSR count). The number of hydrogen-bond acceptors (Lipinski definition) is 3. The summed E-state index contributed by atoms with van der Waals surface area (Å²) in [5, 5.41) is 6.45. The monoisotopic (exact) mass is 220 g/mol. The molecule has 0 amide bonds. The lowest BCUT2D eigenvalue weighted by molar-refractivity contribution is 0.106. The maximum Gasteiger partial charge on any atom is 0.209 e. The minimum absolute atomic E-state index is 0.0383. The van der Waals surface area contributed by atoms with Gasteiger partial charge >= 0.3 is 0 Å². The summed E-state index contributed by atoms with van der Waals surface area (Å²) in [4.78, 5) is 10.8. The fourth-order valence-electron chi connectivity index (χ4n) is 0.937. The van der Waals surface area contributed by atoms with E-state index in [4.69, 9.17) is 11.1 Å². The van der Waals surface area contributed by atoms with Gasteiger partial charge in [-0.15, -0.1) is 0 Å². The number of halogens is 4. The summed E-state index contributed by atoms with van der Waals surface area (Å²) in [6.07, 6.45) is 0.0383. The van der Waals surface area contributed by atoms with Crippen molar-refractivity contribution in [2.24, 2.45) is 0 Å². The third kappa shape index (κ3) is 1.56. The van der Waals surface area contributed by atoms with Gasteiger partial charge in [-0.3, -0.25) is 4.79 Å². The second-order valence-corrected chi connectivity index (χ2v) is 2.55. The summed E-state index contributed by atoms with van der Waals surface area (Å²) >= 11 is 0. The Morgan fingerprint density at radius 3 is 1.80 bits per heavy atom. The first-order valence-corrected chi connectivity index (χ1v) is 3.58. The largest absolute Gasteiger partial charge is 0.394 e. The molecule has 0 spiro atoms. The third-order valence-corrected chi connectivity index (χ3v) is 1.67. The van der Waals surface area contributed by atoms with E-state index in [2.05, 4.69) is 0 Å². The molecule has 0 fully saturated rings. The van der Waals surface area contributed by atoms with Crippen LogP contribution in [0.2, 0.25) is 0 Å². The highest BCUT2D eigenvalue weighted by atomic mass is 19.2. The fraction of sp³-hybridized carbons (Fsp3) is 0. The fourth-order valence-corrected chi connectivity index (χ4v) is 0.937. The molecule has 7 heteroatoms. The lowest BCUT2D eigenvalue weighted by Crippen LogP contribution is -2.13. The van der Waals surface area contributed by atoms with E-state index in [0.717, 1.165) is 0 Å². The maximum absolute atomic E-state index is 13.0. The Morgan fingerprint density at radius 1 is 1.07 bits per heavy atom. The molecule has 0 aromatic heterocycles. The van der Waals surface area contributed by atoms with Crippen molar-refractivity contribution in [3.63, 3.8) is 0 Å². The van der Waals surface area contributed by atoms with Gasteiger partial charge in [-0.1, -0.05) is 0 Å². The summed E-state index contributed by atoms with van der Waals surface area (Å²) < 4.78 is 51.5. The van der Waals surface area contributed by atoms with E-state index in [1.165, 1.54) is 0 Å². The first kappa shape index (κ1) is 11.2. The minimum atomic E-state index is -1.90. The van der Waals surface area contributed by atoms with Gasteiger partial charge in [0.2, 0.25) is 5.78 Å². The Bertz CT molecular complexity index is 429. The van der Waals surface area contributed by atoms with E-state index in [9.17, 15) is 22.4 Å². The minimum Gasteiger partial charge on any atom is -0.394 e. The lowest BCUT2D eigenvalue weighted by atomic mass is 10.1. The number of nitrogens with one attached hydrogen (secondary N) is 1. The third-order valence-electron chi connectivity index (χ3n) is 1.67. The smallest absolute Gasteiger partial charge is 0.209 e. The van der Waals surface area contributed by atoms with Gasteiger partial charge < -0.3 is 11.1 Å². The van der Waals surface area contributed by atoms with Crippen molar-refractivity contribution in [2.75, 3.05) is 5.73 Å². The highest BCUT2D eigenvalue weighted by Gasteiger charge is 2.26. The summed E-state index contributed by atoms with van der Waals surface area (Å²) in [5.41, 5.74) is 1.89. The molecule has 0 aliphatic heterocycles. The van der Waals surface area contributed by atoms with Crippen LogP contribution in [0.1, 0.15) is 10.4 Å². The number of benzene rings is 1. The van der Waals surface area contributed by atoms with Crippen molar-refractivity contribution in [1.82, 2.24) is 0 Å². The molecule has 0 radical (unpaired) electrons. The van der Waals surface area contributed by atoms with Crippen LogP contribution in [0.4, 0.5) is 23.2 Å². The predicted molar refractivity (Wildman–Crippen MR) is 43.8 cm³/mol. The molecule has 0 heterocycles. The molecule has 3 N–H and O–H groups in total. The van der Waals surface area contributed by atoms with Crippen molar-refractivity contribution in [3.05, 3.63) is 28.8 Å². The zero-order chi connectivity index (χ0) is 11.7. The molecule has 1 aromatic carbocycles. The molecule has 1 aromatic rings. The van der Waals surface area contributed by atoms with Crippen LogP contribution in [0.15, 0.2) is 0 Å². The van der Waals surface area contributed by atoms with Crippen molar-refractivity contribution >= 4 is 17.7 Å². The van der Waals surface area contributed by atoms with Gasteiger partial charge in [0.15, 0.2) is 23.3 Å². The van der Waals surface area contributed by atoms with Crippen LogP contribution in [-0.4, -0.2) is 12.0 Å². The first-order chi connectivity index (χ1) is 6.91. The number of carbonyl (C=O) groups excluding carboxylic acids is 1. The molecule has 0 saturated carbocycles. The van der Waals surface area contributed by atoms with Gasteiger partial charge in [0.05, 0.1) is 6.21 Å². The zero-order valence-corrected chi connectivity index (χ0v) is 7.07. The average molecular weight is 220 g/mol. The number of rotatable bonds is 2.